The van der Waals surface area contributed by atoms with Gasteiger partial charge in [-0.3, -0.25) is 4.79 Å². The number of nitrogens with zero attached hydrogens (tertiary/aromatic N) is 2. The van der Waals surface area contributed by atoms with Gasteiger partial charge in [0.15, 0.2) is 6.54 Å². The van der Waals surface area contributed by atoms with E-state index in [2.05, 4.69) is 58.9 Å². The van der Waals surface area contributed by atoms with Crippen LogP contribution in [0.5, 0.6) is 5.75 Å². The van der Waals surface area contributed by atoms with E-state index in [1.165, 1.54) is 16.0 Å². The minimum absolute atomic E-state index is 0.146. The van der Waals surface area contributed by atoms with Crippen LogP contribution in [0.25, 0.3) is 0 Å². The number of nitrogens with two attached hydrogens (primary N) is 1. The molecule has 2 heterocycles. The van der Waals surface area contributed by atoms with Crippen LogP contribution in [0.15, 0.2) is 66.0 Å². The summed E-state index contributed by atoms with van der Waals surface area (Å²) in [5, 5.41) is 13.7. The smallest absolute Gasteiger partial charge is 0.277 e. The largest absolute Gasteiger partial charge is 0.508 e. The molecule has 1 amide bonds. The van der Waals surface area contributed by atoms with Crippen LogP contribution in [0.2, 0.25) is 0 Å². The van der Waals surface area contributed by atoms with Crippen molar-refractivity contribution in [2.24, 2.45) is 0 Å². The third-order valence-electron chi connectivity index (χ3n) is 5.66. The van der Waals surface area contributed by atoms with Crippen molar-refractivity contribution < 1.29 is 15.2 Å². The summed E-state index contributed by atoms with van der Waals surface area (Å²) < 4.78 is 0. The molecule has 0 bridgehead atoms. The molecule has 0 aliphatic carbocycles. The maximum atomic E-state index is 12.9. The van der Waals surface area contributed by atoms with Gasteiger partial charge in [0.25, 0.3) is 5.91 Å². The number of phenols is 1. The summed E-state index contributed by atoms with van der Waals surface area (Å²) in [5.41, 5.74) is 3.56. The normalized spacial score (nSPS) is 15.2. The van der Waals surface area contributed by atoms with E-state index in [0.29, 0.717) is 6.54 Å². The van der Waals surface area contributed by atoms with Gasteiger partial charge in [0.05, 0.1) is 4.88 Å². The second-order valence-corrected chi connectivity index (χ2v) is 8.71. The third-order valence-corrected chi connectivity index (χ3v) is 6.62. The average molecular weight is 423 g/mol. The SMILES string of the molecule is Cc1ccc([C@H]([NH2+]CC(=O)N2CCN(c3ccc(O)cc3)CC2)c2cccs2)cc1. The topological polar surface area (TPSA) is 60.4 Å². The molecule has 1 saturated heterocycles. The lowest BCUT2D eigenvalue weighted by molar-refractivity contribution is -0.676. The molecule has 156 valence electrons. The maximum Gasteiger partial charge on any atom is 0.277 e. The van der Waals surface area contributed by atoms with Crippen molar-refractivity contribution in [2.75, 3.05) is 37.6 Å². The molecule has 5 nitrogen and oxygen atoms in total. The van der Waals surface area contributed by atoms with Gasteiger partial charge in [0.1, 0.15) is 11.8 Å². The van der Waals surface area contributed by atoms with Crippen molar-refractivity contribution in [3.8, 4) is 5.75 Å². The van der Waals surface area contributed by atoms with E-state index in [1.54, 1.807) is 23.5 Å². The quantitative estimate of drug-likeness (QED) is 0.642. The van der Waals surface area contributed by atoms with E-state index in [1.807, 2.05) is 17.0 Å². The molecule has 4 rings (SSSR count). The fourth-order valence-corrected chi connectivity index (χ4v) is 4.73. The number of amides is 1. The molecule has 1 aromatic heterocycles. The highest BCUT2D eigenvalue weighted by Gasteiger charge is 2.25. The number of rotatable bonds is 6. The molecular formula is C24H28N3O2S+. The number of aromatic hydroxyl groups is 1. The van der Waals surface area contributed by atoms with Crippen molar-refractivity contribution in [2.45, 2.75) is 13.0 Å². The highest BCUT2D eigenvalue weighted by atomic mass is 32.1. The Balaban J connectivity index is 1.35. The first-order valence-electron chi connectivity index (χ1n) is 10.4. The summed E-state index contributed by atoms with van der Waals surface area (Å²) in [6.07, 6.45) is 0. The number of phenolic OH excluding ortho intramolecular Hbond substituents is 1. The Bertz CT molecular complexity index is 947. The first kappa shape index (κ1) is 20.4. The van der Waals surface area contributed by atoms with Gasteiger partial charge < -0.3 is 20.2 Å². The fraction of sp³-hybridized carbons (Fsp3) is 0.292. The number of aryl methyl sites for hydroxylation is 1. The Morgan fingerprint density at radius 3 is 2.37 bits per heavy atom. The molecule has 30 heavy (non-hydrogen) atoms. The number of hydrogen-bond donors (Lipinski definition) is 2. The zero-order chi connectivity index (χ0) is 20.9. The summed E-state index contributed by atoms with van der Waals surface area (Å²) in [5.74, 6) is 0.464. The Hall–Kier alpha value is -2.83. The Morgan fingerprint density at radius 2 is 1.73 bits per heavy atom. The highest BCUT2D eigenvalue weighted by molar-refractivity contribution is 7.10. The molecule has 0 unspecified atom stereocenters. The standard InChI is InChI=1S/C24H27N3O2S/c1-18-4-6-19(7-5-18)24(22-3-2-16-30-22)25-17-23(29)27-14-12-26(13-15-27)20-8-10-21(28)11-9-20/h2-11,16,24-25,28H,12-15,17H2,1H3/p+1/t24-/m0/s1. The first-order valence-corrected chi connectivity index (χ1v) is 11.2. The summed E-state index contributed by atoms with van der Waals surface area (Å²) in [6, 6.07) is 20.2. The number of anilines is 1. The zero-order valence-corrected chi connectivity index (χ0v) is 18.0. The Kier molecular flexibility index (Phi) is 6.35. The molecule has 0 spiro atoms. The van der Waals surface area contributed by atoms with E-state index < -0.39 is 0 Å². The van der Waals surface area contributed by atoms with Gasteiger partial charge in [0, 0.05) is 37.4 Å². The van der Waals surface area contributed by atoms with Gasteiger partial charge in [-0.25, -0.2) is 0 Å². The van der Waals surface area contributed by atoms with Gasteiger partial charge >= 0.3 is 0 Å². The lowest BCUT2D eigenvalue weighted by Crippen LogP contribution is -2.87. The molecule has 1 aliphatic heterocycles. The fourth-order valence-electron chi connectivity index (χ4n) is 3.88. The molecule has 0 saturated carbocycles. The summed E-state index contributed by atoms with van der Waals surface area (Å²) >= 11 is 1.74. The lowest BCUT2D eigenvalue weighted by Gasteiger charge is -2.36. The number of benzene rings is 2. The maximum absolute atomic E-state index is 12.9. The van der Waals surface area contributed by atoms with Crippen LogP contribution < -0.4 is 10.2 Å². The Labute approximate surface area is 181 Å². The van der Waals surface area contributed by atoms with Crippen molar-refractivity contribution in [1.29, 1.82) is 0 Å². The predicted molar refractivity (Wildman–Crippen MR) is 121 cm³/mol. The summed E-state index contributed by atoms with van der Waals surface area (Å²) in [7, 11) is 0. The number of carbonyl (C=O) groups excluding carboxylic acids is 1. The van der Waals surface area contributed by atoms with Crippen molar-refractivity contribution >= 4 is 22.9 Å². The van der Waals surface area contributed by atoms with E-state index in [-0.39, 0.29) is 17.7 Å². The minimum Gasteiger partial charge on any atom is -0.508 e. The lowest BCUT2D eigenvalue weighted by atomic mass is 10.0. The minimum atomic E-state index is 0.146. The van der Waals surface area contributed by atoms with Crippen LogP contribution in [-0.2, 0) is 4.79 Å². The monoisotopic (exact) mass is 422 g/mol. The van der Waals surface area contributed by atoms with E-state index in [9.17, 15) is 9.90 Å². The zero-order valence-electron chi connectivity index (χ0n) is 17.2. The average Bonchev–Trinajstić information content (AvgIpc) is 3.30. The number of carbonyl (C=O) groups is 1. The van der Waals surface area contributed by atoms with Crippen molar-refractivity contribution in [3.63, 3.8) is 0 Å². The van der Waals surface area contributed by atoms with E-state index in [4.69, 9.17) is 0 Å². The molecule has 3 N–H and O–H groups in total. The molecule has 3 aromatic rings. The molecule has 1 aliphatic rings. The highest BCUT2D eigenvalue weighted by Crippen LogP contribution is 2.23. The molecular weight excluding hydrogens is 394 g/mol. The number of thiophene rings is 1. The molecule has 1 fully saturated rings. The van der Waals surface area contributed by atoms with Crippen molar-refractivity contribution in [3.05, 3.63) is 82.0 Å². The second kappa shape index (κ2) is 9.32. The number of hydrogen-bond acceptors (Lipinski definition) is 4. The van der Waals surface area contributed by atoms with Gasteiger partial charge in [0.2, 0.25) is 0 Å². The third kappa shape index (κ3) is 4.83. The molecule has 2 aromatic carbocycles. The van der Waals surface area contributed by atoms with Crippen LogP contribution in [0, 0.1) is 6.92 Å². The van der Waals surface area contributed by atoms with Crippen LogP contribution in [0.3, 0.4) is 0 Å². The van der Waals surface area contributed by atoms with Crippen LogP contribution >= 0.6 is 11.3 Å². The molecule has 0 radical (unpaired) electrons. The van der Waals surface area contributed by atoms with Gasteiger partial charge in [-0.2, -0.15) is 0 Å². The van der Waals surface area contributed by atoms with Gasteiger partial charge in [-0.15, -0.1) is 11.3 Å². The Morgan fingerprint density at radius 1 is 1.03 bits per heavy atom. The van der Waals surface area contributed by atoms with Gasteiger partial charge in [-0.05, 0) is 42.6 Å². The molecule has 6 heteroatoms. The van der Waals surface area contributed by atoms with Crippen molar-refractivity contribution in [1.82, 2.24) is 4.90 Å². The van der Waals surface area contributed by atoms with Gasteiger partial charge in [-0.1, -0.05) is 35.9 Å². The van der Waals surface area contributed by atoms with Crippen LogP contribution in [0.1, 0.15) is 22.0 Å². The summed E-state index contributed by atoms with van der Waals surface area (Å²) in [4.78, 5) is 18.4. The van der Waals surface area contributed by atoms with E-state index in [0.717, 1.165) is 31.9 Å². The second-order valence-electron chi connectivity index (χ2n) is 7.73. The number of piperazine rings is 1. The number of quaternary nitrogens is 1. The van der Waals surface area contributed by atoms with Crippen LogP contribution in [0.4, 0.5) is 5.69 Å². The summed E-state index contributed by atoms with van der Waals surface area (Å²) in [6.45, 7) is 5.60. The van der Waals surface area contributed by atoms with Crippen LogP contribution in [-0.4, -0.2) is 48.6 Å². The molecule has 1 atom stereocenters. The first-order chi connectivity index (χ1) is 14.6. The van der Waals surface area contributed by atoms with E-state index >= 15 is 0 Å². The predicted octanol–water partition coefficient (Wildman–Crippen LogP) is 2.76.